The topological polar surface area (TPSA) is 38.5 Å². The van der Waals surface area contributed by atoms with E-state index < -0.39 is 0 Å². The van der Waals surface area contributed by atoms with Crippen LogP contribution in [0.2, 0.25) is 0 Å². The first kappa shape index (κ1) is 12.9. The lowest BCUT2D eigenvalue weighted by Gasteiger charge is -2.20. The molecule has 1 saturated heterocycles. The van der Waals surface area contributed by atoms with E-state index in [9.17, 15) is 0 Å². The summed E-state index contributed by atoms with van der Waals surface area (Å²) in [6.07, 6.45) is 2.71. The molecule has 1 aliphatic heterocycles. The Morgan fingerprint density at radius 1 is 1.47 bits per heavy atom. The number of likely N-dealkylation sites (tertiary alicyclic amines) is 1. The van der Waals surface area contributed by atoms with E-state index in [0.29, 0.717) is 12.5 Å². The maximum Gasteiger partial charge on any atom is 0.134 e. The van der Waals surface area contributed by atoms with Crippen molar-refractivity contribution in [3.8, 4) is 5.75 Å². The lowest BCUT2D eigenvalue weighted by Crippen LogP contribution is -2.28. The van der Waals surface area contributed by atoms with Crippen LogP contribution in [0.3, 0.4) is 0 Å². The predicted molar refractivity (Wildman–Crippen MR) is 72.5 cm³/mol. The quantitative estimate of drug-likeness (QED) is 0.846. The van der Waals surface area contributed by atoms with Crippen LogP contribution in [-0.2, 0) is 6.54 Å². The van der Waals surface area contributed by atoms with E-state index in [1.54, 1.807) is 11.3 Å². The molecule has 1 aromatic heterocycles. The van der Waals surface area contributed by atoms with Gasteiger partial charge in [-0.2, -0.15) is 0 Å². The van der Waals surface area contributed by atoms with Gasteiger partial charge in [0.25, 0.3) is 0 Å². The molecular weight excluding hydrogens is 232 g/mol. The van der Waals surface area contributed by atoms with Crippen LogP contribution in [-0.4, -0.2) is 31.1 Å². The van der Waals surface area contributed by atoms with Gasteiger partial charge in [-0.05, 0) is 37.4 Å². The summed E-state index contributed by atoms with van der Waals surface area (Å²) in [5.41, 5.74) is 5.66. The summed E-state index contributed by atoms with van der Waals surface area (Å²) < 4.78 is 5.84. The molecule has 96 valence electrons. The van der Waals surface area contributed by atoms with Crippen LogP contribution < -0.4 is 10.5 Å². The molecule has 2 rings (SSSR count). The molecule has 1 aromatic rings. The lowest BCUT2D eigenvalue weighted by molar-refractivity contribution is 0.205. The molecule has 1 unspecified atom stereocenters. The van der Waals surface area contributed by atoms with E-state index in [-0.39, 0.29) is 0 Å². The minimum Gasteiger partial charge on any atom is -0.492 e. The number of ether oxygens (including phenoxy) is 1. The Bertz CT molecular complexity index is 334. The van der Waals surface area contributed by atoms with Crippen LogP contribution in [0.25, 0.3) is 0 Å². The van der Waals surface area contributed by atoms with Gasteiger partial charge >= 0.3 is 0 Å². The number of thiophene rings is 1. The van der Waals surface area contributed by atoms with Gasteiger partial charge in [0, 0.05) is 19.0 Å². The van der Waals surface area contributed by atoms with Crippen molar-refractivity contribution in [3.05, 3.63) is 16.3 Å². The second-order valence-corrected chi connectivity index (χ2v) is 5.84. The maximum atomic E-state index is 5.84. The summed E-state index contributed by atoms with van der Waals surface area (Å²) in [5.74, 6) is 1.56. The molecular formula is C13H22N2OS. The third-order valence-electron chi connectivity index (χ3n) is 3.18. The summed E-state index contributed by atoms with van der Waals surface area (Å²) in [6.45, 7) is 7.30. The predicted octanol–water partition coefficient (Wildman–Crippen LogP) is 2.32. The van der Waals surface area contributed by atoms with Gasteiger partial charge in [0.2, 0.25) is 0 Å². The summed E-state index contributed by atoms with van der Waals surface area (Å²) in [7, 11) is 0. The van der Waals surface area contributed by atoms with Crippen LogP contribution in [0.15, 0.2) is 11.4 Å². The molecule has 2 N–H and O–H groups in total. The van der Waals surface area contributed by atoms with Gasteiger partial charge in [0.15, 0.2) is 0 Å². The molecule has 0 radical (unpaired) electrons. The highest BCUT2D eigenvalue weighted by Gasteiger charge is 2.15. The summed E-state index contributed by atoms with van der Waals surface area (Å²) in [5, 5.41) is 2.04. The molecule has 3 nitrogen and oxygen atoms in total. The molecule has 0 spiro atoms. The normalized spacial score (nSPS) is 18.5. The van der Waals surface area contributed by atoms with Gasteiger partial charge in [0.1, 0.15) is 5.75 Å². The first-order valence-corrected chi connectivity index (χ1v) is 7.29. The molecule has 0 bridgehead atoms. The van der Waals surface area contributed by atoms with E-state index >= 15 is 0 Å². The van der Waals surface area contributed by atoms with Crippen LogP contribution in [0, 0.1) is 5.92 Å². The van der Waals surface area contributed by atoms with E-state index in [2.05, 4.69) is 11.8 Å². The smallest absolute Gasteiger partial charge is 0.134 e. The van der Waals surface area contributed by atoms with E-state index in [0.717, 1.165) is 23.8 Å². The number of nitrogens with zero attached hydrogens (tertiary/aromatic N) is 1. The largest absolute Gasteiger partial charge is 0.492 e. The molecule has 1 aliphatic rings. The average molecular weight is 254 g/mol. The number of rotatable bonds is 6. The fourth-order valence-electron chi connectivity index (χ4n) is 2.30. The third-order valence-corrected chi connectivity index (χ3v) is 4.11. The first-order valence-electron chi connectivity index (χ1n) is 6.41. The van der Waals surface area contributed by atoms with Crippen molar-refractivity contribution >= 4 is 11.3 Å². The van der Waals surface area contributed by atoms with Crippen LogP contribution >= 0.6 is 11.3 Å². The van der Waals surface area contributed by atoms with E-state index in [4.69, 9.17) is 10.5 Å². The Labute approximate surface area is 108 Å². The van der Waals surface area contributed by atoms with Crippen molar-refractivity contribution in [1.82, 2.24) is 4.90 Å². The second-order valence-electron chi connectivity index (χ2n) is 4.84. The van der Waals surface area contributed by atoms with Crippen molar-refractivity contribution < 1.29 is 4.74 Å². The van der Waals surface area contributed by atoms with Crippen molar-refractivity contribution in [2.75, 3.05) is 26.2 Å². The Kier molecular flexibility index (Phi) is 4.83. The Hall–Kier alpha value is -0.580. The molecule has 2 heterocycles. The maximum absolute atomic E-state index is 5.84. The third kappa shape index (κ3) is 3.69. The van der Waals surface area contributed by atoms with Gasteiger partial charge in [0.05, 0.1) is 11.5 Å². The molecule has 0 saturated carbocycles. The second kappa shape index (κ2) is 6.38. The monoisotopic (exact) mass is 254 g/mol. The Morgan fingerprint density at radius 2 is 2.24 bits per heavy atom. The lowest BCUT2D eigenvalue weighted by atomic mass is 10.2. The van der Waals surface area contributed by atoms with Crippen LogP contribution in [0.4, 0.5) is 0 Å². The van der Waals surface area contributed by atoms with Gasteiger partial charge in [-0.25, -0.2) is 0 Å². The van der Waals surface area contributed by atoms with E-state index in [1.165, 1.54) is 25.9 Å². The fourth-order valence-corrected chi connectivity index (χ4v) is 2.99. The zero-order chi connectivity index (χ0) is 12.1. The number of hydrogen-bond donors (Lipinski definition) is 1. The Morgan fingerprint density at radius 3 is 2.94 bits per heavy atom. The standard InChI is InChI=1S/C13H22N2OS/c1-11(9-15-5-2-3-6-15)10-16-12-4-7-17-13(12)8-14/h4,7,11H,2-3,5-6,8-10,14H2,1H3. The number of hydrogen-bond acceptors (Lipinski definition) is 4. The molecule has 0 aliphatic carbocycles. The Balaban J connectivity index is 1.73. The average Bonchev–Trinajstić information content (AvgIpc) is 2.96. The highest BCUT2D eigenvalue weighted by molar-refractivity contribution is 7.10. The zero-order valence-corrected chi connectivity index (χ0v) is 11.3. The van der Waals surface area contributed by atoms with Crippen LogP contribution in [0.1, 0.15) is 24.6 Å². The summed E-state index contributed by atoms with van der Waals surface area (Å²) in [4.78, 5) is 3.68. The van der Waals surface area contributed by atoms with Gasteiger partial charge in [-0.3, -0.25) is 0 Å². The summed E-state index contributed by atoms with van der Waals surface area (Å²) >= 11 is 1.67. The highest BCUT2D eigenvalue weighted by atomic mass is 32.1. The van der Waals surface area contributed by atoms with Gasteiger partial charge < -0.3 is 15.4 Å². The molecule has 1 atom stereocenters. The molecule has 4 heteroatoms. The van der Waals surface area contributed by atoms with Crippen molar-refractivity contribution in [1.29, 1.82) is 0 Å². The highest BCUT2D eigenvalue weighted by Crippen LogP contribution is 2.24. The molecule has 0 aromatic carbocycles. The minimum absolute atomic E-state index is 0.577. The molecule has 1 fully saturated rings. The fraction of sp³-hybridized carbons (Fsp3) is 0.692. The molecule has 17 heavy (non-hydrogen) atoms. The minimum atomic E-state index is 0.577. The van der Waals surface area contributed by atoms with E-state index in [1.807, 2.05) is 11.4 Å². The van der Waals surface area contributed by atoms with Gasteiger partial charge in [-0.1, -0.05) is 6.92 Å². The van der Waals surface area contributed by atoms with Crippen LogP contribution in [0.5, 0.6) is 5.75 Å². The zero-order valence-electron chi connectivity index (χ0n) is 10.5. The SMILES string of the molecule is CC(COc1ccsc1CN)CN1CCCC1. The van der Waals surface area contributed by atoms with Crippen molar-refractivity contribution in [2.24, 2.45) is 11.7 Å². The van der Waals surface area contributed by atoms with Gasteiger partial charge in [-0.15, -0.1) is 11.3 Å². The number of nitrogens with two attached hydrogens (primary N) is 1. The first-order chi connectivity index (χ1) is 8.29. The molecule has 0 amide bonds. The van der Waals surface area contributed by atoms with Crippen molar-refractivity contribution in [3.63, 3.8) is 0 Å². The van der Waals surface area contributed by atoms with Crippen molar-refractivity contribution in [2.45, 2.75) is 26.3 Å². The summed E-state index contributed by atoms with van der Waals surface area (Å²) in [6, 6.07) is 2.02.